The van der Waals surface area contributed by atoms with E-state index in [1.165, 1.54) is 0 Å². The van der Waals surface area contributed by atoms with Gasteiger partial charge in [0.15, 0.2) is 0 Å². The molecule has 27 heavy (non-hydrogen) atoms. The Morgan fingerprint density at radius 2 is 1.56 bits per heavy atom. The number of aliphatic hydroxyl groups is 1. The molecular formula is C20H26N2O4S. The molecule has 0 aliphatic carbocycles. The number of carbonyl (C=O) groups excluding carboxylic acids is 1. The lowest BCUT2D eigenvalue weighted by Crippen LogP contribution is -2.51. The molecule has 0 radical (unpaired) electrons. The van der Waals surface area contributed by atoms with Gasteiger partial charge in [0, 0.05) is 0 Å². The van der Waals surface area contributed by atoms with Crippen LogP contribution >= 0.6 is 0 Å². The molecule has 6 nitrogen and oxygen atoms in total. The predicted octanol–water partition coefficient (Wildman–Crippen LogP) is 1.26. The van der Waals surface area contributed by atoms with Gasteiger partial charge in [-0.3, -0.25) is 4.79 Å². The van der Waals surface area contributed by atoms with E-state index in [4.69, 9.17) is 0 Å². The van der Waals surface area contributed by atoms with Crippen molar-refractivity contribution in [3.63, 3.8) is 0 Å². The number of aryl methyl sites for hydroxylation is 1. The number of hydrogen-bond donors (Lipinski definition) is 3. The predicted molar refractivity (Wildman–Crippen MR) is 106 cm³/mol. The maximum atomic E-state index is 12.7. The summed E-state index contributed by atoms with van der Waals surface area (Å²) in [5.74, 6) is -0.439. The molecule has 2 atom stereocenters. The summed E-state index contributed by atoms with van der Waals surface area (Å²) >= 11 is 0. The van der Waals surface area contributed by atoms with Crippen LogP contribution in [-0.4, -0.2) is 44.4 Å². The van der Waals surface area contributed by atoms with Gasteiger partial charge in [0.25, 0.3) is 0 Å². The standard InChI is InChI=1S/C20H26N2O4S/c1-27(25,26)22-19(13-12-16-8-4-2-5-9-16)20(24)21-18(15-23)14-17-10-6-3-7-11-17/h2-11,18-19,22-23H,12-15H2,1H3,(H,21,24)/t18-,19+/m0/s1. The number of amides is 1. The minimum Gasteiger partial charge on any atom is -0.394 e. The minimum absolute atomic E-state index is 0.231. The van der Waals surface area contributed by atoms with Crippen LogP contribution in [0.4, 0.5) is 0 Å². The Kier molecular flexibility index (Phi) is 7.97. The van der Waals surface area contributed by atoms with Gasteiger partial charge in [-0.05, 0) is 30.4 Å². The number of benzene rings is 2. The van der Waals surface area contributed by atoms with Crippen molar-refractivity contribution < 1.29 is 18.3 Å². The summed E-state index contributed by atoms with van der Waals surface area (Å²) in [6.45, 7) is -0.231. The Hall–Kier alpha value is -2.22. The molecule has 0 spiro atoms. The maximum Gasteiger partial charge on any atom is 0.238 e. The normalized spacial score (nSPS) is 13.7. The smallest absolute Gasteiger partial charge is 0.238 e. The van der Waals surface area contributed by atoms with Gasteiger partial charge >= 0.3 is 0 Å². The van der Waals surface area contributed by atoms with Crippen LogP contribution in [0.5, 0.6) is 0 Å². The molecule has 2 aromatic rings. The first-order valence-electron chi connectivity index (χ1n) is 8.84. The molecule has 1 amide bonds. The van der Waals surface area contributed by atoms with Gasteiger partial charge in [-0.2, -0.15) is 0 Å². The number of nitrogens with one attached hydrogen (secondary N) is 2. The third-order valence-corrected chi connectivity index (χ3v) is 4.84. The first kappa shape index (κ1) is 21.1. The summed E-state index contributed by atoms with van der Waals surface area (Å²) < 4.78 is 25.7. The van der Waals surface area contributed by atoms with E-state index in [0.29, 0.717) is 19.3 Å². The van der Waals surface area contributed by atoms with Crippen LogP contribution in [0.3, 0.4) is 0 Å². The number of aliphatic hydroxyl groups excluding tert-OH is 1. The Bertz CT molecular complexity index is 810. The van der Waals surface area contributed by atoms with Crippen LogP contribution < -0.4 is 10.0 Å². The van der Waals surface area contributed by atoms with Crippen molar-refractivity contribution in [1.82, 2.24) is 10.0 Å². The van der Waals surface area contributed by atoms with E-state index in [2.05, 4.69) is 10.0 Å². The Morgan fingerprint density at radius 3 is 2.07 bits per heavy atom. The molecule has 0 saturated carbocycles. The second kappa shape index (κ2) is 10.2. The van der Waals surface area contributed by atoms with E-state index in [9.17, 15) is 18.3 Å². The molecule has 146 valence electrons. The number of carbonyl (C=O) groups is 1. The number of rotatable bonds is 10. The Balaban J connectivity index is 2.02. The molecular weight excluding hydrogens is 364 g/mol. The molecule has 0 aliphatic heterocycles. The van der Waals surface area contributed by atoms with Crippen LogP contribution in [0.2, 0.25) is 0 Å². The Morgan fingerprint density at radius 1 is 1.00 bits per heavy atom. The summed E-state index contributed by atoms with van der Waals surface area (Å²) in [5, 5.41) is 12.4. The SMILES string of the molecule is CS(=O)(=O)N[C@H](CCc1ccccc1)C(=O)N[C@H](CO)Cc1ccccc1. The molecule has 0 heterocycles. The van der Waals surface area contributed by atoms with Crippen LogP contribution in [-0.2, 0) is 27.7 Å². The number of hydrogen-bond acceptors (Lipinski definition) is 4. The fourth-order valence-electron chi connectivity index (χ4n) is 2.82. The summed E-state index contributed by atoms with van der Waals surface area (Å²) in [4.78, 5) is 12.7. The number of sulfonamides is 1. The molecule has 0 fully saturated rings. The fourth-order valence-corrected chi connectivity index (χ4v) is 3.56. The zero-order valence-electron chi connectivity index (χ0n) is 15.3. The highest BCUT2D eigenvalue weighted by atomic mass is 32.2. The first-order chi connectivity index (χ1) is 12.9. The second-order valence-corrected chi connectivity index (χ2v) is 8.32. The van der Waals surface area contributed by atoms with Crippen LogP contribution in [0.15, 0.2) is 60.7 Å². The molecule has 0 aromatic heterocycles. The van der Waals surface area contributed by atoms with Gasteiger partial charge in [0.05, 0.1) is 18.9 Å². The first-order valence-corrected chi connectivity index (χ1v) is 10.7. The van der Waals surface area contributed by atoms with E-state index in [1.807, 2.05) is 60.7 Å². The van der Waals surface area contributed by atoms with Crippen molar-refractivity contribution in [1.29, 1.82) is 0 Å². The van der Waals surface area contributed by atoms with E-state index < -0.39 is 28.0 Å². The van der Waals surface area contributed by atoms with Gasteiger partial charge in [-0.25, -0.2) is 13.1 Å². The highest BCUT2D eigenvalue weighted by molar-refractivity contribution is 7.88. The second-order valence-electron chi connectivity index (χ2n) is 6.54. The zero-order chi connectivity index (χ0) is 19.7. The lowest BCUT2D eigenvalue weighted by Gasteiger charge is -2.22. The molecule has 3 N–H and O–H groups in total. The van der Waals surface area contributed by atoms with Crippen molar-refractivity contribution in [2.45, 2.75) is 31.3 Å². The fraction of sp³-hybridized carbons (Fsp3) is 0.350. The van der Waals surface area contributed by atoms with Crippen molar-refractivity contribution in [3.8, 4) is 0 Å². The molecule has 0 saturated heterocycles. The lowest BCUT2D eigenvalue weighted by atomic mass is 10.0. The molecule has 0 aliphatic rings. The molecule has 0 unspecified atom stereocenters. The van der Waals surface area contributed by atoms with Crippen LogP contribution in [0.1, 0.15) is 17.5 Å². The van der Waals surface area contributed by atoms with Gasteiger partial charge in [-0.1, -0.05) is 60.7 Å². The third kappa shape index (κ3) is 7.90. The highest BCUT2D eigenvalue weighted by Crippen LogP contribution is 2.08. The van der Waals surface area contributed by atoms with Crippen molar-refractivity contribution in [3.05, 3.63) is 71.8 Å². The third-order valence-electron chi connectivity index (χ3n) is 4.13. The van der Waals surface area contributed by atoms with Gasteiger partial charge in [-0.15, -0.1) is 0 Å². The Labute approximate surface area is 160 Å². The van der Waals surface area contributed by atoms with Crippen molar-refractivity contribution in [2.75, 3.05) is 12.9 Å². The van der Waals surface area contributed by atoms with Gasteiger partial charge in [0.1, 0.15) is 6.04 Å². The van der Waals surface area contributed by atoms with Crippen LogP contribution in [0, 0.1) is 0 Å². The average molecular weight is 391 g/mol. The molecule has 0 bridgehead atoms. The minimum atomic E-state index is -3.55. The molecule has 2 rings (SSSR count). The van der Waals surface area contributed by atoms with Gasteiger partial charge < -0.3 is 10.4 Å². The maximum absolute atomic E-state index is 12.7. The quantitative estimate of drug-likeness (QED) is 0.569. The topological polar surface area (TPSA) is 95.5 Å². The highest BCUT2D eigenvalue weighted by Gasteiger charge is 2.24. The molecule has 2 aromatic carbocycles. The van der Waals surface area contributed by atoms with E-state index >= 15 is 0 Å². The van der Waals surface area contributed by atoms with Crippen molar-refractivity contribution >= 4 is 15.9 Å². The van der Waals surface area contributed by atoms with E-state index in [1.54, 1.807) is 0 Å². The average Bonchev–Trinajstić information content (AvgIpc) is 2.65. The summed E-state index contributed by atoms with van der Waals surface area (Å²) in [6, 6.07) is 17.7. The van der Waals surface area contributed by atoms with Crippen molar-refractivity contribution in [2.24, 2.45) is 0 Å². The largest absolute Gasteiger partial charge is 0.394 e. The van der Waals surface area contributed by atoms with Gasteiger partial charge in [0.2, 0.25) is 15.9 Å². The lowest BCUT2D eigenvalue weighted by molar-refractivity contribution is -0.123. The molecule has 7 heteroatoms. The zero-order valence-corrected chi connectivity index (χ0v) is 16.2. The van der Waals surface area contributed by atoms with E-state index in [0.717, 1.165) is 17.4 Å². The summed E-state index contributed by atoms with van der Waals surface area (Å²) in [6.07, 6.45) is 2.38. The van der Waals surface area contributed by atoms with E-state index in [-0.39, 0.29) is 6.61 Å². The van der Waals surface area contributed by atoms with Crippen LogP contribution in [0.25, 0.3) is 0 Å². The summed E-state index contributed by atoms with van der Waals surface area (Å²) in [7, 11) is -3.55. The summed E-state index contributed by atoms with van der Waals surface area (Å²) in [5.41, 5.74) is 2.00. The monoisotopic (exact) mass is 390 g/mol.